The maximum absolute atomic E-state index is 5.93. The molecular formula is C19H21ClN6O. The summed E-state index contributed by atoms with van der Waals surface area (Å²) in [5, 5.41) is 8.05. The second-order valence-corrected chi connectivity index (χ2v) is 6.37. The molecule has 0 radical (unpaired) electrons. The van der Waals surface area contributed by atoms with E-state index in [1.165, 1.54) is 0 Å². The van der Waals surface area contributed by atoms with Crippen molar-refractivity contribution in [2.45, 2.75) is 13.0 Å². The Balaban J connectivity index is 1.51. The van der Waals surface area contributed by atoms with E-state index in [1.807, 2.05) is 54.4 Å². The van der Waals surface area contributed by atoms with Crippen LogP contribution in [0.2, 0.25) is 5.02 Å². The number of aromatic nitrogens is 3. The smallest absolute Gasteiger partial charge is 0.276 e. The second kappa shape index (κ2) is 9.14. The number of nitrogens with zero attached hydrogens (tertiary/aromatic N) is 5. The molecule has 0 atom stereocenters. The molecule has 0 aliphatic carbocycles. The molecule has 0 spiro atoms. The highest BCUT2D eigenvalue weighted by Crippen LogP contribution is 2.13. The molecule has 0 bridgehead atoms. The molecule has 0 saturated heterocycles. The molecule has 0 aliphatic heterocycles. The van der Waals surface area contributed by atoms with Crippen molar-refractivity contribution in [3.05, 3.63) is 65.1 Å². The van der Waals surface area contributed by atoms with Crippen molar-refractivity contribution in [3.63, 3.8) is 0 Å². The Morgan fingerprint density at radius 1 is 1.22 bits per heavy atom. The van der Waals surface area contributed by atoms with E-state index < -0.39 is 0 Å². The molecule has 2 aromatic heterocycles. The van der Waals surface area contributed by atoms with Gasteiger partial charge in [0.15, 0.2) is 11.8 Å². The average Bonchev–Trinajstić information content (AvgIpc) is 3.16. The number of halogens is 1. The number of nitrogens with one attached hydrogen (secondary N) is 1. The Hall–Kier alpha value is -2.93. The molecule has 8 heteroatoms. The van der Waals surface area contributed by atoms with Crippen LogP contribution in [0.5, 0.6) is 0 Å². The first-order valence-corrected chi connectivity index (χ1v) is 8.93. The molecule has 1 aromatic carbocycles. The maximum atomic E-state index is 5.93. The van der Waals surface area contributed by atoms with Gasteiger partial charge in [-0.15, -0.1) is 0 Å². The van der Waals surface area contributed by atoms with E-state index in [2.05, 4.69) is 25.4 Å². The zero-order valence-electron chi connectivity index (χ0n) is 15.3. The number of hydrogen-bond acceptors (Lipinski definition) is 5. The molecular weight excluding hydrogens is 364 g/mol. The normalized spacial score (nSPS) is 11.4. The second-order valence-electron chi connectivity index (χ2n) is 5.94. The molecule has 7 nitrogen and oxygen atoms in total. The summed E-state index contributed by atoms with van der Waals surface area (Å²) < 4.78 is 5.27. The summed E-state index contributed by atoms with van der Waals surface area (Å²) in [5.41, 5.74) is 1.82. The first-order chi connectivity index (χ1) is 13.2. The summed E-state index contributed by atoms with van der Waals surface area (Å²) in [6, 6.07) is 13.3. The molecule has 0 amide bonds. The molecule has 1 N–H and O–H groups in total. The lowest BCUT2D eigenvalue weighted by molar-refractivity contribution is 0.420. The van der Waals surface area contributed by atoms with E-state index >= 15 is 0 Å². The molecule has 27 heavy (non-hydrogen) atoms. The van der Waals surface area contributed by atoms with Crippen LogP contribution in [-0.4, -0.2) is 46.6 Å². The average molecular weight is 385 g/mol. The first kappa shape index (κ1) is 18.8. The van der Waals surface area contributed by atoms with Gasteiger partial charge in [-0.25, -0.2) is 0 Å². The van der Waals surface area contributed by atoms with Gasteiger partial charge in [0.2, 0.25) is 0 Å². The number of rotatable bonds is 6. The summed E-state index contributed by atoms with van der Waals surface area (Å²) in [6.07, 6.45) is 2.31. The van der Waals surface area contributed by atoms with E-state index in [0.717, 1.165) is 23.1 Å². The van der Waals surface area contributed by atoms with Crippen molar-refractivity contribution in [1.29, 1.82) is 0 Å². The SMILES string of the molecule is CN=C(NCCc1noc(-c2ccccn2)n1)N(C)Cc1ccc(Cl)cc1. The molecule has 3 aromatic rings. The van der Waals surface area contributed by atoms with E-state index in [-0.39, 0.29) is 0 Å². The highest BCUT2D eigenvalue weighted by Gasteiger charge is 2.11. The predicted molar refractivity (Wildman–Crippen MR) is 106 cm³/mol. The fourth-order valence-corrected chi connectivity index (χ4v) is 2.68. The van der Waals surface area contributed by atoms with Crippen LogP contribution in [0, 0.1) is 0 Å². The molecule has 0 fully saturated rings. The third-order valence-electron chi connectivity index (χ3n) is 3.89. The van der Waals surface area contributed by atoms with Crippen LogP contribution in [0.1, 0.15) is 11.4 Å². The Morgan fingerprint density at radius 2 is 2.04 bits per heavy atom. The van der Waals surface area contributed by atoms with Gasteiger partial charge < -0.3 is 14.7 Å². The van der Waals surface area contributed by atoms with Gasteiger partial charge in [-0.2, -0.15) is 4.98 Å². The summed E-state index contributed by atoms with van der Waals surface area (Å²) >= 11 is 5.93. The minimum atomic E-state index is 0.426. The van der Waals surface area contributed by atoms with Crippen molar-refractivity contribution in [2.24, 2.45) is 4.99 Å². The number of aliphatic imine (C=N–C) groups is 1. The lowest BCUT2D eigenvalue weighted by atomic mass is 10.2. The van der Waals surface area contributed by atoms with Crippen LogP contribution in [0.25, 0.3) is 11.6 Å². The van der Waals surface area contributed by atoms with E-state index in [1.54, 1.807) is 13.2 Å². The largest absolute Gasteiger partial charge is 0.356 e. The third-order valence-corrected chi connectivity index (χ3v) is 4.14. The summed E-state index contributed by atoms with van der Waals surface area (Å²) in [6.45, 7) is 1.36. The van der Waals surface area contributed by atoms with Crippen LogP contribution in [-0.2, 0) is 13.0 Å². The van der Waals surface area contributed by atoms with Gasteiger partial charge in [-0.05, 0) is 29.8 Å². The van der Waals surface area contributed by atoms with E-state index in [9.17, 15) is 0 Å². The van der Waals surface area contributed by atoms with Crippen molar-refractivity contribution >= 4 is 17.6 Å². The van der Waals surface area contributed by atoms with Crippen molar-refractivity contribution in [1.82, 2.24) is 25.3 Å². The lowest BCUT2D eigenvalue weighted by Crippen LogP contribution is -2.39. The quantitative estimate of drug-likeness (QED) is 0.519. The van der Waals surface area contributed by atoms with Crippen LogP contribution in [0.15, 0.2) is 58.2 Å². The highest BCUT2D eigenvalue weighted by molar-refractivity contribution is 6.30. The predicted octanol–water partition coefficient (Wildman–Crippen LogP) is 3.03. The monoisotopic (exact) mass is 384 g/mol. The standard InChI is InChI=1S/C19H21ClN6O/c1-21-19(26(2)13-14-6-8-15(20)9-7-14)23-12-10-17-24-18(27-25-17)16-5-3-4-11-22-16/h3-9,11H,10,12-13H2,1-2H3,(H,21,23). The minimum Gasteiger partial charge on any atom is -0.356 e. The molecule has 140 valence electrons. The molecule has 2 heterocycles. The highest BCUT2D eigenvalue weighted by atomic mass is 35.5. The van der Waals surface area contributed by atoms with Gasteiger partial charge in [-0.3, -0.25) is 9.98 Å². The lowest BCUT2D eigenvalue weighted by Gasteiger charge is -2.22. The van der Waals surface area contributed by atoms with Gasteiger partial charge in [0.05, 0.1) is 0 Å². The zero-order chi connectivity index (χ0) is 19.1. The van der Waals surface area contributed by atoms with E-state index in [0.29, 0.717) is 30.4 Å². The van der Waals surface area contributed by atoms with Crippen molar-refractivity contribution in [2.75, 3.05) is 20.6 Å². The Bertz CT molecular complexity index is 879. The van der Waals surface area contributed by atoms with Crippen LogP contribution in [0.4, 0.5) is 0 Å². The summed E-state index contributed by atoms with van der Waals surface area (Å²) in [5.74, 6) is 1.84. The number of hydrogen-bond donors (Lipinski definition) is 1. The van der Waals surface area contributed by atoms with Gasteiger partial charge in [0.25, 0.3) is 5.89 Å². The zero-order valence-corrected chi connectivity index (χ0v) is 16.0. The Morgan fingerprint density at radius 3 is 2.74 bits per heavy atom. The fourth-order valence-electron chi connectivity index (χ4n) is 2.56. The Labute approximate surface area is 163 Å². The maximum Gasteiger partial charge on any atom is 0.276 e. The van der Waals surface area contributed by atoms with Crippen LogP contribution >= 0.6 is 11.6 Å². The molecule has 0 saturated carbocycles. The van der Waals surface area contributed by atoms with Gasteiger partial charge in [0, 0.05) is 44.8 Å². The van der Waals surface area contributed by atoms with Crippen LogP contribution in [0.3, 0.4) is 0 Å². The number of guanidine groups is 1. The van der Waals surface area contributed by atoms with Gasteiger partial charge in [0.1, 0.15) is 5.69 Å². The van der Waals surface area contributed by atoms with Gasteiger partial charge in [-0.1, -0.05) is 35.0 Å². The number of pyridine rings is 1. The summed E-state index contributed by atoms with van der Waals surface area (Å²) in [7, 11) is 3.74. The van der Waals surface area contributed by atoms with Crippen molar-refractivity contribution < 1.29 is 4.52 Å². The van der Waals surface area contributed by atoms with E-state index in [4.69, 9.17) is 16.1 Å². The molecule has 0 aliphatic rings. The summed E-state index contributed by atoms with van der Waals surface area (Å²) in [4.78, 5) is 14.9. The van der Waals surface area contributed by atoms with Crippen molar-refractivity contribution in [3.8, 4) is 11.6 Å². The molecule has 0 unspecified atom stereocenters. The molecule has 3 rings (SSSR count). The fraction of sp³-hybridized carbons (Fsp3) is 0.263. The number of benzene rings is 1. The topological polar surface area (TPSA) is 79.4 Å². The first-order valence-electron chi connectivity index (χ1n) is 8.56. The minimum absolute atomic E-state index is 0.426. The van der Waals surface area contributed by atoms with Crippen LogP contribution < -0.4 is 5.32 Å². The Kier molecular flexibility index (Phi) is 6.38. The third kappa shape index (κ3) is 5.27. The van der Waals surface area contributed by atoms with Gasteiger partial charge >= 0.3 is 0 Å².